The molecular weight excluding hydrogens is 438 g/mol. The van der Waals surface area contributed by atoms with Crippen molar-refractivity contribution in [3.05, 3.63) is 41.0 Å². The summed E-state index contributed by atoms with van der Waals surface area (Å²) in [5.74, 6) is 3.46. The van der Waals surface area contributed by atoms with Crippen LogP contribution in [-0.2, 0) is 9.59 Å². The summed E-state index contributed by atoms with van der Waals surface area (Å²) >= 11 is 0. The van der Waals surface area contributed by atoms with Gasteiger partial charge in [-0.05, 0) is 69.4 Å². The fourth-order valence-electron chi connectivity index (χ4n) is 6.13. The van der Waals surface area contributed by atoms with E-state index in [1.807, 2.05) is 26.0 Å². The van der Waals surface area contributed by atoms with Crippen LogP contribution >= 0.6 is 0 Å². The van der Waals surface area contributed by atoms with E-state index in [0.717, 1.165) is 47.6 Å². The molecule has 0 radical (unpaired) electrons. The molecule has 1 unspecified atom stereocenters. The lowest BCUT2D eigenvalue weighted by Crippen LogP contribution is -2.31. The lowest BCUT2D eigenvalue weighted by Gasteiger charge is -2.36. The van der Waals surface area contributed by atoms with E-state index in [2.05, 4.69) is 29.8 Å². The summed E-state index contributed by atoms with van der Waals surface area (Å²) in [6.07, 6.45) is 5.93. The number of aromatic nitrogens is 3. The van der Waals surface area contributed by atoms with Gasteiger partial charge in [-0.15, -0.1) is 10.2 Å². The number of carbonyl (C=O) groups excluding carboxylic acids is 2. The van der Waals surface area contributed by atoms with E-state index in [0.29, 0.717) is 25.0 Å². The summed E-state index contributed by atoms with van der Waals surface area (Å²) in [5.41, 5.74) is 3.04. The van der Waals surface area contributed by atoms with Crippen LogP contribution < -0.4 is 5.32 Å². The van der Waals surface area contributed by atoms with Gasteiger partial charge < -0.3 is 14.8 Å². The van der Waals surface area contributed by atoms with Gasteiger partial charge in [-0.3, -0.25) is 9.59 Å². The molecule has 2 aliphatic carbocycles. The molecular formula is C28H39N5O2. The number of hydrogen-bond donors (Lipinski definition) is 1. The second-order valence-electron chi connectivity index (χ2n) is 11.6. The molecule has 2 amide bonds. The van der Waals surface area contributed by atoms with Crippen molar-refractivity contribution >= 4 is 17.5 Å². The molecule has 188 valence electrons. The van der Waals surface area contributed by atoms with Crippen LogP contribution in [0.3, 0.4) is 0 Å². The monoisotopic (exact) mass is 477 g/mol. The third-order valence-electron chi connectivity index (χ3n) is 8.14. The second kappa shape index (κ2) is 9.40. The van der Waals surface area contributed by atoms with Crippen LogP contribution in [0, 0.1) is 31.6 Å². The van der Waals surface area contributed by atoms with Crippen molar-refractivity contribution < 1.29 is 9.59 Å². The molecule has 2 atom stereocenters. The van der Waals surface area contributed by atoms with Crippen LogP contribution in [0.4, 0.5) is 5.69 Å². The zero-order valence-electron chi connectivity index (χ0n) is 21.8. The van der Waals surface area contributed by atoms with Crippen molar-refractivity contribution in [2.75, 3.05) is 18.4 Å². The molecule has 1 N–H and O–H groups in total. The molecule has 2 saturated carbocycles. The number of anilines is 1. The molecule has 5 rings (SSSR count). The number of carbonyl (C=O) groups is 2. The summed E-state index contributed by atoms with van der Waals surface area (Å²) in [6, 6.07) is 6.49. The predicted octanol–water partition coefficient (Wildman–Crippen LogP) is 4.97. The highest BCUT2D eigenvalue weighted by atomic mass is 16.2. The predicted molar refractivity (Wildman–Crippen MR) is 136 cm³/mol. The molecule has 2 heterocycles. The van der Waals surface area contributed by atoms with E-state index in [-0.39, 0.29) is 23.7 Å². The topological polar surface area (TPSA) is 80.1 Å². The Kier molecular flexibility index (Phi) is 6.45. The standard InChI is InChI=1S/C28H39N5O2/c1-16(2)10-20-12-21(13-20)26-30-31-27(33(26)22-7-8-22)23-14-32(19(5)34)15-24(23)28(35)29-25-9-6-17(3)11-18(25)4/h6,9,11,16,20-24H,7-8,10,12-15H2,1-5H3,(H,29,35)/t20?,21?,23?,24-/m0/s1. The van der Waals surface area contributed by atoms with Gasteiger partial charge in [0.1, 0.15) is 11.6 Å². The van der Waals surface area contributed by atoms with Crippen molar-refractivity contribution in [2.24, 2.45) is 17.8 Å². The summed E-state index contributed by atoms with van der Waals surface area (Å²) in [4.78, 5) is 27.7. The molecule has 0 bridgehead atoms. The minimum Gasteiger partial charge on any atom is -0.341 e. The molecule has 2 aromatic rings. The second-order valence-corrected chi connectivity index (χ2v) is 11.6. The first-order valence-electron chi connectivity index (χ1n) is 13.3. The number of benzene rings is 1. The molecule has 1 saturated heterocycles. The van der Waals surface area contributed by atoms with Gasteiger partial charge in [-0.2, -0.15) is 0 Å². The third kappa shape index (κ3) is 4.87. The maximum absolute atomic E-state index is 13.5. The van der Waals surface area contributed by atoms with Gasteiger partial charge >= 0.3 is 0 Å². The minimum atomic E-state index is -0.343. The van der Waals surface area contributed by atoms with Gasteiger partial charge in [-0.25, -0.2) is 0 Å². The van der Waals surface area contributed by atoms with Crippen molar-refractivity contribution in [1.82, 2.24) is 19.7 Å². The van der Waals surface area contributed by atoms with Crippen LogP contribution in [0.2, 0.25) is 0 Å². The number of nitrogens with one attached hydrogen (secondary N) is 1. The van der Waals surface area contributed by atoms with Crippen LogP contribution in [0.5, 0.6) is 0 Å². The van der Waals surface area contributed by atoms with Crippen LogP contribution in [0.25, 0.3) is 0 Å². The fourth-order valence-corrected chi connectivity index (χ4v) is 6.13. The number of rotatable bonds is 7. The first-order chi connectivity index (χ1) is 16.7. The maximum atomic E-state index is 13.5. The molecule has 7 nitrogen and oxygen atoms in total. The Labute approximate surface area is 208 Å². The summed E-state index contributed by atoms with van der Waals surface area (Å²) in [5, 5.41) is 12.6. The highest BCUT2D eigenvalue weighted by Crippen LogP contribution is 2.48. The highest BCUT2D eigenvalue weighted by Gasteiger charge is 2.45. The summed E-state index contributed by atoms with van der Waals surface area (Å²) < 4.78 is 2.36. The third-order valence-corrected chi connectivity index (χ3v) is 8.14. The Morgan fingerprint density at radius 1 is 1.09 bits per heavy atom. The Hall–Kier alpha value is -2.70. The fraction of sp³-hybridized carbons (Fsp3) is 0.643. The first kappa shape index (κ1) is 24.0. The van der Waals surface area contributed by atoms with Gasteiger partial charge in [0.05, 0.1) is 11.8 Å². The molecule has 0 spiro atoms. The Balaban J connectivity index is 1.40. The van der Waals surface area contributed by atoms with Crippen LogP contribution in [0.15, 0.2) is 18.2 Å². The Morgan fingerprint density at radius 3 is 2.43 bits per heavy atom. The van der Waals surface area contributed by atoms with Gasteiger partial charge in [0, 0.05) is 37.7 Å². The lowest BCUT2D eigenvalue weighted by atomic mass is 9.71. The quantitative estimate of drug-likeness (QED) is 0.611. The maximum Gasteiger partial charge on any atom is 0.230 e. The zero-order valence-corrected chi connectivity index (χ0v) is 21.8. The molecule has 3 aliphatic rings. The Morgan fingerprint density at radius 2 is 1.80 bits per heavy atom. The number of hydrogen-bond acceptors (Lipinski definition) is 4. The number of nitrogens with zero attached hydrogens (tertiary/aromatic N) is 4. The van der Waals surface area contributed by atoms with Gasteiger partial charge in [-0.1, -0.05) is 31.5 Å². The highest BCUT2D eigenvalue weighted by molar-refractivity contribution is 5.94. The SMILES string of the molecule is CC(=O)N1CC(c2nnc(C3CC(CC(C)C)C3)n2C2CC2)[C@@H](C(=O)Nc2ccc(C)cc2C)C1. The largest absolute Gasteiger partial charge is 0.341 e. The first-order valence-corrected chi connectivity index (χ1v) is 13.3. The molecule has 3 fully saturated rings. The molecule has 1 aromatic heterocycles. The average Bonchev–Trinajstić information content (AvgIpc) is 3.35. The average molecular weight is 478 g/mol. The van der Waals surface area contributed by atoms with Crippen molar-refractivity contribution in [1.29, 1.82) is 0 Å². The minimum absolute atomic E-state index is 0.00467. The van der Waals surface area contributed by atoms with E-state index in [4.69, 9.17) is 10.2 Å². The van der Waals surface area contributed by atoms with Crippen LogP contribution in [0.1, 0.15) is 93.5 Å². The molecule has 1 aliphatic heterocycles. The Bertz CT molecular complexity index is 1110. The van der Waals surface area contributed by atoms with Crippen molar-refractivity contribution in [2.45, 2.75) is 84.6 Å². The van der Waals surface area contributed by atoms with Crippen molar-refractivity contribution in [3.63, 3.8) is 0 Å². The lowest BCUT2D eigenvalue weighted by molar-refractivity contribution is -0.128. The normalized spacial score (nSPS) is 26.2. The number of amides is 2. The van der Waals surface area contributed by atoms with E-state index in [1.54, 1.807) is 11.8 Å². The summed E-state index contributed by atoms with van der Waals surface area (Å²) in [6.45, 7) is 11.2. The summed E-state index contributed by atoms with van der Waals surface area (Å²) in [7, 11) is 0. The van der Waals surface area contributed by atoms with Gasteiger partial charge in [0.2, 0.25) is 11.8 Å². The number of aryl methyl sites for hydroxylation is 2. The zero-order chi connectivity index (χ0) is 24.9. The molecule has 35 heavy (non-hydrogen) atoms. The number of likely N-dealkylation sites (tertiary alicyclic amines) is 1. The molecule has 7 heteroatoms. The smallest absolute Gasteiger partial charge is 0.230 e. The van der Waals surface area contributed by atoms with E-state index >= 15 is 0 Å². The van der Waals surface area contributed by atoms with E-state index in [1.165, 1.54) is 24.8 Å². The van der Waals surface area contributed by atoms with Crippen LogP contribution in [-0.4, -0.2) is 44.6 Å². The van der Waals surface area contributed by atoms with Gasteiger partial charge in [0.15, 0.2) is 0 Å². The van der Waals surface area contributed by atoms with Gasteiger partial charge in [0.25, 0.3) is 0 Å². The van der Waals surface area contributed by atoms with E-state index < -0.39 is 0 Å². The van der Waals surface area contributed by atoms with Crippen molar-refractivity contribution in [3.8, 4) is 0 Å². The van der Waals surface area contributed by atoms with E-state index in [9.17, 15) is 9.59 Å². The molecule has 1 aromatic carbocycles.